The predicted octanol–water partition coefficient (Wildman–Crippen LogP) is 1.49. The van der Waals surface area contributed by atoms with Gasteiger partial charge in [0.15, 0.2) is 12.4 Å². The first-order valence-corrected chi connectivity index (χ1v) is 9.26. The number of methoxy groups -OCH3 is 2. The summed E-state index contributed by atoms with van der Waals surface area (Å²) < 4.78 is 21.7. The number of aliphatic imine (C=N–C) groups is 1. The fraction of sp³-hybridized carbons (Fsp3) is 0.500. The van der Waals surface area contributed by atoms with Gasteiger partial charge in [-0.2, -0.15) is 4.73 Å². The second-order valence-electron chi connectivity index (χ2n) is 6.28. The van der Waals surface area contributed by atoms with Gasteiger partial charge in [0, 0.05) is 37.5 Å². The molecule has 1 aliphatic heterocycles. The van der Waals surface area contributed by atoms with Gasteiger partial charge in [-0.15, -0.1) is 0 Å². The Labute approximate surface area is 169 Å². The first-order chi connectivity index (χ1) is 13.9. The molecule has 1 aromatic heterocycles. The summed E-state index contributed by atoms with van der Waals surface area (Å²) in [6.45, 7) is 5.31. The Bertz CT molecular complexity index is 815. The molecule has 0 aromatic carbocycles. The van der Waals surface area contributed by atoms with Crippen LogP contribution in [0.1, 0.15) is 32.3 Å². The summed E-state index contributed by atoms with van der Waals surface area (Å²) >= 11 is 0. The molecule has 0 radical (unpaired) electrons. The average Bonchev–Trinajstić information content (AvgIpc) is 2.68. The lowest BCUT2D eigenvalue weighted by Crippen LogP contribution is -2.39. The largest absolute Gasteiger partial charge is 0.619 e. The zero-order chi connectivity index (χ0) is 21.6. The minimum Gasteiger partial charge on any atom is -0.619 e. The van der Waals surface area contributed by atoms with E-state index in [0.717, 1.165) is 0 Å². The van der Waals surface area contributed by atoms with Crippen molar-refractivity contribution in [3.8, 4) is 0 Å². The summed E-state index contributed by atoms with van der Waals surface area (Å²) in [5.41, 5.74) is 1.14. The number of hydrogen-bond acceptors (Lipinski definition) is 8. The maximum absolute atomic E-state index is 12.9. The van der Waals surface area contributed by atoms with Gasteiger partial charge in [0.25, 0.3) is 0 Å². The van der Waals surface area contributed by atoms with Gasteiger partial charge in [-0.1, -0.05) is 0 Å². The van der Waals surface area contributed by atoms with Crippen LogP contribution in [0.5, 0.6) is 0 Å². The third-order valence-electron chi connectivity index (χ3n) is 4.51. The van der Waals surface area contributed by atoms with E-state index in [1.807, 2.05) is 0 Å². The van der Waals surface area contributed by atoms with Crippen LogP contribution in [-0.4, -0.2) is 51.4 Å². The van der Waals surface area contributed by atoms with Crippen LogP contribution in [-0.2, 0) is 28.5 Å². The Hall–Kier alpha value is -2.78. The summed E-state index contributed by atoms with van der Waals surface area (Å²) in [5, 5.41) is 11.9. The molecule has 0 bridgehead atoms. The third kappa shape index (κ3) is 4.80. The Balaban J connectivity index is 2.78. The molecule has 2 rings (SSSR count). The van der Waals surface area contributed by atoms with Crippen LogP contribution < -0.4 is 4.73 Å². The number of pyridine rings is 1. The first kappa shape index (κ1) is 22.5. The Morgan fingerprint density at radius 1 is 1.21 bits per heavy atom. The molecule has 1 aromatic rings. The molecule has 0 N–H and O–H groups in total. The van der Waals surface area contributed by atoms with Crippen molar-refractivity contribution in [2.24, 2.45) is 10.9 Å². The molecule has 0 spiro atoms. The van der Waals surface area contributed by atoms with Crippen LogP contribution in [0, 0.1) is 11.1 Å². The van der Waals surface area contributed by atoms with Gasteiger partial charge in [0.2, 0.25) is 6.29 Å². The molecule has 158 valence electrons. The Morgan fingerprint density at radius 2 is 1.86 bits per heavy atom. The van der Waals surface area contributed by atoms with Crippen LogP contribution in [0.3, 0.4) is 0 Å². The lowest BCUT2D eigenvalue weighted by Gasteiger charge is -2.33. The highest BCUT2D eigenvalue weighted by Crippen LogP contribution is 2.41. The fourth-order valence-corrected chi connectivity index (χ4v) is 3.38. The first-order valence-electron chi connectivity index (χ1n) is 9.26. The topological polar surface area (TPSA) is 110 Å². The highest BCUT2D eigenvalue weighted by atomic mass is 16.7. The van der Waals surface area contributed by atoms with Crippen molar-refractivity contribution in [1.82, 2.24) is 0 Å². The maximum atomic E-state index is 12.9. The number of aromatic nitrogens is 1. The number of ether oxygens (including phenoxy) is 4. The zero-order valence-corrected chi connectivity index (χ0v) is 17.2. The number of nitrogens with zero attached hydrogens (tertiary/aromatic N) is 2. The molecule has 0 aliphatic carbocycles. The SMILES string of the molecule is CCOC(=O)C1=C(C(OC)OC)N=C(C)C(C(=O)OCC)C1c1ccc[n+]([O-])c1. The van der Waals surface area contributed by atoms with E-state index in [9.17, 15) is 14.8 Å². The Morgan fingerprint density at radius 3 is 2.41 bits per heavy atom. The lowest BCUT2D eigenvalue weighted by molar-refractivity contribution is -0.605. The lowest BCUT2D eigenvalue weighted by atomic mass is 9.76. The van der Waals surface area contributed by atoms with Crippen LogP contribution in [0.15, 0.2) is 40.8 Å². The molecule has 29 heavy (non-hydrogen) atoms. The van der Waals surface area contributed by atoms with Gasteiger partial charge in [0.1, 0.15) is 11.6 Å². The zero-order valence-electron chi connectivity index (χ0n) is 17.2. The van der Waals surface area contributed by atoms with Gasteiger partial charge in [0.05, 0.1) is 18.8 Å². The van der Waals surface area contributed by atoms with Crippen molar-refractivity contribution < 1.29 is 33.3 Å². The number of carbonyl (C=O) groups excluding carboxylic acids is 2. The molecule has 2 heterocycles. The van der Waals surface area contributed by atoms with Gasteiger partial charge in [-0.3, -0.25) is 9.79 Å². The van der Waals surface area contributed by atoms with Crippen LogP contribution in [0.4, 0.5) is 0 Å². The predicted molar refractivity (Wildman–Crippen MR) is 103 cm³/mol. The summed E-state index contributed by atoms with van der Waals surface area (Å²) in [6, 6.07) is 3.20. The van der Waals surface area contributed by atoms with E-state index >= 15 is 0 Å². The minimum absolute atomic E-state index is 0.0930. The van der Waals surface area contributed by atoms with Crippen molar-refractivity contribution in [3.63, 3.8) is 0 Å². The molecule has 2 unspecified atom stereocenters. The molecule has 0 saturated heterocycles. The van der Waals surface area contributed by atoms with Gasteiger partial charge >= 0.3 is 11.9 Å². The quantitative estimate of drug-likeness (QED) is 0.278. The van der Waals surface area contributed by atoms with Crippen LogP contribution in [0.25, 0.3) is 0 Å². The monoisotopic (exact) mass is 406 g/mol. The molecule has 9 nitrogen and oxygen atoms in total. The number of esters is 2. The smallest absolute Gasteiger partial charge is 0.336 e. The summed E-state index contributed by atoms with van der Waals surface area (Å²) in [6.07, 6.45) is 1.66. The van der Waals surface area contributed by atoms with E-state index in [0.29, 0.717) is 16.0 Å². The normalized spacial score (nSPS) is 19.2. The van der Waals surface area contributed by atoms with Crippen molar-refractivity contribution in [3.05, 3.63) is 46.6 Å². The van der Waals surface area contributed by atoms with E-state index < -0.39 is 30.1 Å². The van der Waals surface area contributed by atoms with Gasteiger partial charge in [-0.25, -0.2) is 4.79 Å². The standard InChI is InChI=1S/C20H26N2O7/c1-6-28-18(23)14-12(3)21-17(20(26-4)27-5)16(19(24)29-7-2)15(14)13-9-8-10-22(25)11-13/h8-11,14-15,20H,6-7H2,1-5H3. The molecule has 2 atom stereocenters. The van der Waals surface area contributed by atoms with E-state index in [2.05, 4.69) is 4.99 Å². The fourth-order valence-electron chi connectivity index (χ4n) is 3.38. The molecule has 0 fully saturated rings. The highest BCUT2D eigenvalue weighted by molar-refractivity contribution is 6.07. The van der Waals surface area contributed by atoms with Crippen molar-refractivity contribution in [1.29, 1.82) is 0 Å². The van der Waals surface area contributed by atoms with E-state index in [4.69, 9.17) is 18.9 Å². The summed E-state index contributed by atoms with van der Waals surface area (Å²) in [4.78, 5) is 30.2. The maximum Gasteiger partial charge on any atom is 0.336 e. The molecule has 0 saturated carbocycles. The summed E-state index contributed by atoms with van der Waals surface area (Å²) in [5.74, 6) is -2.98. The molecular formula is C20H26N2O7. The molecule has 9 heteroatoms. The van der Waals surface area contributed by atoms with Crippen molar-refractivity contribution in [2.75, 3.05) is 27.4 Å². The van der Waals surface area contributed by atoms with E-state index in [1.165, 1.54) is 32.7 Å². The van der Waals surface area contributed by atoms with Crippen LogP contribution in [0.2, 0.25) is 0 Å². The molecular weight excluding hydrogens is 380 g/mol. The number of hydrogen-bond donors (Lipinski definition) is 0. The van der Waals surface area contributed by atoms with E-state index in [-0.39, 0.29) is 24.5 Å². The average molecular weight is 406 g/mol. The second-order valence-corrected chi connectivity index (χ2v) is 6.28. The highest BCUT2D eigenvalue weighted by Gasteiger charge is 2.45. The van der Waals surface area contributed by atoms with Gasteiger partial charge in [-0.05, 0) is 26.8 Å². The minimum atomic E-state index is -0.960. The Kier molecular flexibility index (Phi) is 7.86. The molecule has 1 aliphatic rings. The second kappa shape index (κ2) is 10.1. The van der Waals surface area contributed by atoms with Gasteiger partial charge < -0.3 is 24.2 Å². The van der Waals surface area contributed by atoms with Crippen molar-refractivity contribution in [2.45, 2.75) is 33.0 Å². The summed E-state index contributed by atoms with van der Waals surface area (Å²) in [7, 11) is 2.82. The van der Waals surface area contributed by atoms with E-state index in [1.54, 1.807) is 26.8 Å². The van der Waals surface area contributed by atoms with Crippen molar-refractivity contribution >= 4 is 17.7 Å². The number of rotatable bonds is 8. The number of carbonyl (C=O) groups is 2. The third-order valence-corrected chi connectivity index (χ3v) is 4.51. The molecule has 0 amide bonds. The van der Waals surface area contributed by atoms with Crippen LogP contribution >= 0.6 is 0 Å².